The van der Waals surface area contributed by atoms with Gasteiger partial charge in [-0.1, -0.05) is 24.3 Å². The van der Waals surface area contributed by atoms with Gasteiger partial charge in [0.2, 0.25) is 0 Å². The summed E-state index contributed by atoms with van der Waals surface area (Å²) >= 11 is 0. The van der Waals surface area contributed by atoms with E-state index in [1.807, 2.05) is 38.1 Å². The minimum Gasteiger partial charge on any atom is -0.383 e. The number of anilines is 1. The third kappa shape index (κ3) is 1.81. The Balaban J connectivity index is 2.55. The molecule has 0 unspecified atom stereocenters. The van der Waals surface area contributed by atoms with E-state index in [-0.39, 0.29) is 0 Å². The van der Waals surface area contributed by atoms with E-state index in [1.165, 1.54) is 0 Å². The van der Waals surface area contributed by atoms with E-state index in [9.17, 15) is 0 Å². The van der Waals surface area contributed by atoms with Gasteiger partial charge in [0.1, 0.15) is 5.82 Å². The fourth-order valence-electron chi connectivity index (χ4n) is 1.41. The van der Waals surface area contributed by atoms with Gasteiger partial charge >= 0.3 is 0 Å². The number of aromatic nitrogens is 2. The van der Waals surface area contributed by atoms with Crippen molar-refractivity contribution in [1.29, 1.82) is 0 Å². The number of nitrogens with two attached hydrogens (primary N) is 1. The van der Waals surface area contributed by atoms with Crippen molar-refractivity contribution in [3.05, 3.63) is 41.6 Å². The first-order chi connectivity index (χ1) is 7.18. The summed E-state index contributed by atoms with van der Waals surface area (Å²) in [6.07, 6.45) is 1.75. The molecule has 1 heterocycles. The maximum atomic E-state index is 5.76. The van der Waals surface area contributed by atoms with E-state index in [2.05, 4.69) is 9.97 Å². The molecule has 2 N–H and O–H groups in total. The minimum atomic E-state index is 0.545. The van der Waals surface area contributed by atoms with Crippen molar-refractivity contribution in [3.63, 3.8) is 0 Å². The van der Waals surface area contributed by atoms with Crippen molar-refractivity contribution in [2.24, 2.45) is 0 Å². The smallest absolute Gasteiger partial charge is 0.161 e. The summed E-state index contributed by atoms with van der Waals surface area (Å²) in [5.74, 6) is 1.24. The topological polar surface area (TPSA) is 51.8 Å². The molecule has 3 heteroatoms. The van der Waals surface area contributed by atoms with E-state index in [0.717, 1.165) is 16.7 Å². The highest BCUT2D eigenvalue weighted by molar-refractivity contribution is 5.61. The fourth-order valence-corrected chi connectivity index (χ4v) is 1.41. The predicted molar refractivity (Wildman–Crippen MR) is 61.4 cm³/mol. The molecule has 0 spiro atoms. The Kier molecular flexibility index (Phi) is 2.37. The SMILES string of the molecule is Cc1ccccc1-c1ncc(C)c(N)n1. The van der Waals surface area contributed by atoms with Crippen LogP contribution in [-0.4, -0.2) is 9.97 Å². The Morgan fingerprint density at radius 1 is 1.07 bits per heavy atom. The Hall–Kier alpha value is -1.90. The van der Waals surface area contributed by atoms with E-state index < -0.39 is 0 Å². The highest BCUT2D eigenvalue weighted by atomic mass is 14.9. The molecule has 0 bridgehead atoms. The summed E-state index contributed by atoms with van der Waals surface area (Å²) in [4.78, 5) is 8.55. The summed E-state index contributed by atoms with van der Waals surface area (Å²) in [5, 5.41) is 0. The quantitative estimate of drug-likeness (QED) is 0.767. The molecule has 0 amide bonds. The first kappa shape index (κ1) is 9.65. The van der Waals surface area contributed by atoms with Crippen LogP contribution >= 0.6 is 0 Å². The number of nitrogen functional groups attached to an aromatic ring is 1. The molecular formula is C12H13N3. The van der Waals surface area contributed by atoms with Crippen molar-refractivity contribution in [2.45, 2.75) is 13.8 Å². The van der Waals surface area contributed by atoms with Crippen LogP contribution in [0.4, 0.5) is 5.82 Å². The van der Waals surface area contributed by atoms with Crippen LogP contribution < -0.4 is 5.73 Å². The summed E-state index contributed by atoms with van der Waals surface area (Å²) in [5.41, 5.74) is 8.85. The lowest BCUT2D eigenvalue weighted by molar-refractivity contribution is 1.14. The highest BCUT2D eigenvalue weighted by Gasteiger charge is 2.05. The molecule has 15 heavy (non-hydrogen) atoms. The number of hydrogen-bond donors (Lipinski definition) is 1. The summed E-state index contributed by atoms with van der Waals surface area (Å²) in [6, 6.07) is 8.01. The first-order valence-corrected chi connectivity index (χ1v) is 4.83. The van der Waals surface area contributed by atoms with Gasteiger partial charge in [-0.25, -0.2) is 9.97 Å². The highest BCUT2D eigenvalue weighted by Crippen LogP contribution is 2.20. The molecule has 2 aromatic rings. The molecule has 1 aromatic carbocycles. The second-order valence-corrected chi connectivity index (χ2v) is 3.58. The van der Waals surface area contributed by atoms with Crippen molar-refractivity contribution >= 4 is 5.82 Å². The molecule has 0 atom stereocenters. The maximum Gasteiger partial charge on any atom is 0.161 e. The molecule has 3 nitrogen and oxygen atoms in total. The molecule has 0 aliphatic carbocycles. The molecule has 0 saturated carbocycles. The van der Waals surface area contributed by atoms with Crippen LogP contribution in [0, 0.1) is 13.8 Å². The molecule has 0 aliphatic rings. The van der Waals surface area contributed by atoms with Crippen molar-refractivity contribution in [3.8, 4) is 11.4 Å². The fraction of sp³-hybridized carbons (Fsp3) is 0.167. The zero-order chi connectivity index (χ0) is 10.8. The predicted octanol–water partition coefficient (Wildman–Crippen LogP) is 2.34. The average Bonchev–Trinajstić information content (AvgIpc) is 2.23. The second-order valence-electron chi connectivity index (χ2n) is 3.58. The Bertz CT molecular complexity index is 492. The van der Waals surface area contributed by atoms with Gasteiger partial charge in [0.15, 0.2) is 5.82 Å². The Labute approximate surface area is 89.0 Å². The van der Waals surface area contributed by atoms with Crippen LogP contribution in [0.25, 0.3) is 11.4 Å². The number of hydrogen-bond acceptors (Lipinski definition) is 3. The van der Waals surface area contributed by atoms with Gasteiger partial charge < -0.3 is 5.73 Å². The van der Waals surface area contributed by atoms with Crippen LogP contribution in [-0.2, 0) is 0 Å². The molecule has 0 aliphatic heterocycles. The Morgan fingerprint density at radius 3 is 2.47 bits per heavy atom. The average molecular weight is 199 g/mol. The lowest BCUT2D eigenvalue weighted by atomic mass is 10.1. The molecule has 1 aromatic heterocycles. The van der Waals surface area contributed by atoms with Crippen LogP contribution in [0.3, 0.4) is 0 Å². The second kappa shape index (κ2) is 3.69. The standard InChI is InChI=1S/C12H13N3/c1-8-5-3-4-6-10(8)12-14-7-9(2)11(13)15-12/h3-7H,1-2H3,(H2,13,14,15). The number of benzene rings is 1. The van der Waals surface area contributed by atoms with E-state index >= 15 is 0 Å². The van der Waals surface area contributed by atoms with Gasteiger partial charge in [-0.3, -0.25) is 0 Å². The van der Waals surface area contributed by atoms with Crippen LogP contribution in [0.15, 0.2) is 30.5 Å². The third-order valence-electron chi connectivity index (χ3n) is 2.40. The minimum absolute atomic E-state index is 0.545. The summed E-state index contributed by atoms with van der Waals surface area (Å²) in [7, 11) is 0. The van der Waals surface area contributed by atoms with E-state index in [0.29, 0.717) is 11.6 Å². The van der Waals surface area contributed by atoms with E-state index in [1.54, 1.807) is 6.20 Å². The lowest BCUT2D eigenvalue weighted by Gasteiger charge is -2.05. The largest absolute Gasteiger partial charge is 0.383 e. The molecule has 0 radical (unpaired) electrons. The molecule has 2 rings (SSSR count). The number of nitrogens with zero attached hydrogens (tertiary/aromatic N) is 2. The van der Waals surface area contributed by atoms with Crippen LogP contribution in [0.2, 0.25) is 0 Å². The van der Waals surface area contributed by atoms with Crippen molar-refractivity contribution < 1.29 is 0 Å². The first-order valence-electron chi connectivity index (χ1n) is 4.83. The molecule has 0 fully saturated rings. The third-order valence-corrected chi connectivity index (χ3v) is 2.40. The zero-order valence-electron chi connectivity index (χ0n) is 8.86. The van der Waals surface area contributed by atoms with Gasteiger partial charge in [0, 0.05) is 17.3 Å². The normalized spacial score (nSPS) is 10.3. The Morgan fingerprint density at radius 2 is 1.80 bits per heavy atom. The molecule has 0 saturated heterocycles. The van der Waals surface area contributed by atoms with Gasteiger partial charge in [0.05, 0.1) is 0 Å². The summed E-state index contributed by atoms with van der Waals surface area (Å²) < 4.78 is 0. The van der Waals surface area contributed by atoms with Crippen molar-refractivity contribution in [1.82, 2.24) is 9.97 Å². The number of rotatable bonds is 1. The lowest BCUT2D eigenvalue weighted by Crippen LogP contribution is -1.99. The summed E-state index contributed by atoms with van der Waals surface area (Å²) in [6.45, 7) is 3.94. The molecular weight excluding hydrogens is 186 g/mol. The van der Waals surface area contributed by atoms with Gasteiger partial charge in [-0.15, -0.1) is 0 Å². The number of aryl methyl sites for hydroxylation is 2. The maximum absolute atomic E-state index is 5.76. The van der Waals surface area contributed by atoms with Gasteiger partial charge in [-0.2, -0.15) is 0 Å². The zero-order valence-corrected chi connectivity index (χ0v) is 8.86. The van der Waals surface area contributed by atoms with E-state index in [4.69, 9.17) is 5.73 Å². The van der Waals surface area contributed by atoms with Gasteiger partial charge in [0.25, 0.3) is 0 Å². The van der Waals surface area contributed by atoms with Crippen LogP contribution in [0.5, 0.6) is 0 Å². The molecule has 76 valence electrons. The monoisotopic (exact) mass is 199 g/mol. The van der Waals surface area contributed by atoms with Crippen molar-refractivity contribution in [2.75, 3.05) is 5.73 Å². The van der Waals surface area contributed by atoms with Gasteiger partial charge in [-0.05, 0) is 19.4 Å². The van der Waals surface area contributed by atoms with Crippen LogP contribution in [0.1, 0.15) is 11.1 Å².